The molecule has 10 heavy (non-hydrogen) atoms. The van der Waals surface area contributed by atoms with E-state index in [1.54, 1.807) is 6.07 Å². The van der Waals surface area contributed by atoms with Crippen LogP contribution in [-0.2, 0) is 6.04 Å². The third-order valence-corrected chi connectivity index (χ3v) is 2.21. The first kappa shape index (κ1) is 7.40. The third kappa shape index (κ3) is 1.42. The van der Waals surface area contributed by atoms with Crippen molar-refractivity contribution in [2.45, 2.75) is 6.04 Å². The quantitative estimate of drug-likeness (QED) is 0.531. The molecule has 0 spiro atoms. The van der Waals surface area contributed by atoms with E-state index in [1.165, 1.54) is 12.1 Å². The average Bonchev–Trinajstić information content (AvgIpc) is 1.95. The molecule has 0 saturated heterocycles. The number of halogens is 2. The molecule has 0 aliphatic carbocycles. The van der Waals surface area contributed by atoms with Crippen LogP contribution in [0.4, 0.5) is 8.78 Å². The first-order valence-electron chi connectivity index (χ1n) is 3.18. The molecule has 1 aromatic carbocycles. The third-order valence-electron chi connectivity index (χ3n) is 1.39. The highest BCUT2D eigenvalue weighted by atomic mass is 28.1. The van der Waals surface area contributed by atoms with Crippen LogP contribution in [0.5, 0.6) is 0 Å². The Kier molecular flexibility index (Phi) is 2.16. The SMILES string of the molecule is Fc1ccc(C[SiH3])cc1F. The molecule has 1 rings (SSSR count). The summed E-state index contributed by atoms with van der Waals surface area (Å²) in [5, 5.41) is 0. The Morgan fingerprint density at radius 1 is 1.20 bits per heavy atom. The first-order chi connectivity index (χ1) is 4.74. The smallest absolute Gasteiger partial charge is 0.159 e. The topological polar surface area (TPSA) is 0 Å². The molecule has 0 amide bonds. The predicted octanol–water partition coefficient (Wildman–Crippen LogP) is 0.830. The van der Waals surface area contributed by atoms with Crippen LogP contribution < -0.4 is 0 Å². The van der Waals surface area contributed by atoms with E-state index in [1.807, 2.05) is 0 Å². The fourth-order valence-electron chi connectivity index (χ4n) is 0.760. The first-order valence-corrected chi connectivity index (χ1v) is 4.59. The van der Waals surface area contributed by atoms with E-state index in [0.717, 1.165) is 21.9 Å². The van der Waals surface area contributed by atoms with Gasteiger partial charge in [-0.25, -0.2) is 8.78 Å². The van der Waals surface area contributed by atoms with Gasteiger partial charge < -0.3 is 0 Å². The molecule has 0 aliphatic heterocycles. The predicted molar refractivity (Wildman–Crippen MR) is 40.0 cm³/mol. The van der Waals surface area contributed by atoms with Crippen molar-refractivity contribution in [3.8, 4) is 0 Å². The summed E-state index contributed by atoms with van der Waals surface area (Å²) in [5.41, 5.74) is 0.880. The highest BCUT2D eigenvalue weighted by Gasteiger charge is 1.99. The zero-order valence-corrected chi connectivity index (χ0v) is 7.70. The molecule has 0 aromatic heterocycles. The van der Waals surface area contributed by atoms with Crippen LogP contribution in [0, 0.1) is 11.6 Å². The normalized spacial score (nSPS) is 10.2. The number of benzene rings is 1. The van der Waals surface area contributed by atoms with Gasteiger partial charge in [0.25, 0.3) is 0 Å². The Balaban J connectivity index is 3.04. The Hall–Kier alpha value is -0.703. The van der Waals surface area contributed by atoms with Crippen LogP contribution in [0.3, 0.4) is 0 Å². The average molecular weight is 158 g/mol. The fraction of sp³-hybridized carbons (Fsp3) is 0.143. The highest BCUT2D eigenvalue weighted by molar-refractivity contribution is 6.08. The lowest BCUT2D eigenvalue weighted by Gasteiger charge is -1.95. The van der Waals surface area contributed by atoms with Gasteiger partial charge in [0.15, 0.2) is 11.6 Å². The van der Waals surface area contributed by atoms with Gasteiger partial charge in [-0.15, -0.1) is 0 Å². The monoisotopic (exact) mass is 158 g/mol. The summed E-state index contributed by atoms with van der Waals surface area (Å²) in [5.74, 6) is -1.51. The van der Waals surface area contributed by atoms with Gasteiger partial charge >= 0.3 is 0 Å². The Morgan fingerprint density at radius 2 is 1.90 bits per heavy atom. The Labute approximate surface area is 61.3 Å². The van der Waals surface area contributed by atoms with E-state index in [-0.39, 0.29) is 0 Å². The minimum atomic E-state index is -0.765. The van der Waals surface area contributed by atoms with Crippen LogP contribution in [0.15, 0.2) is 18.2 Å². The van der Waals surface area contributed by atoms with Crippen LogP contribution in [0.2, 0.25) is 0 Å². The van der Waals surface area contributed by atoms with Crippen molar-refractivity contribution in [3.63, 3.8) is 0 Å². The summed E-state index contributed by atoms with van der Waals surface area (Å²) in [7, 11) is 0.983. The van der Waals surface area contributed by atoms with E-state index in [4.69, 9.17) is 0 Å². The molecule has 0 unspecified atom stereocenters. The fourth-order valence-corrected chi connectivity index (χ4v) is 1.20. The lowest BCUT2D eigenvalue weighted by Crippen LogP contribution is -1.88. The van der Waals surface area contributed by atoms with Crippen LogP contribution in [0.1, 0.15) is 5.56 Å². The maximum Gasteiger partial charge on any atom is 0.159 e. The van der Waals surface area contributed by atoms with E-state index >= 15 is 0 Å². The second kappa shape index (κ2) is 2.92. The summed E-state index contributed by atoms with van der Waals surface area (Å²) >= 11 is 0. The lowest BCUT2D eigenvalue weighted by atomic mass is 10.2. The maximum absolute atomic E-state index is 12.4. The minimum Gasteiger partial charge on any atom is -0.204 e. The van der Waals surface area contributed by atoms with Gasteiger partial charge in [0.2, 0.25) is 0 Å². The molecular formula is C7H8F2Si. The van der Waals surface area contributed by atoms with Gasteiger partial charge in [0.05, 0.1) is 0 Å². The molecule has 0 nitrogen and oxygen atoms in total. The van der Waals surface area contributed by atoms with Crippen LogP contribution in [-0.4, -0.2) is 10.2 Å². The van der Waals surface area contributed by atoms with Crippen molar-refractivity contribution in [1.29, 1.82) is 0 Å². The molecule has 0 radical (unpaired) electrons. The van der Waals surface area contributed by atoms with E-state index < -0.39 is 11.6 Å². The van der Waals surface area contributed by atoms with E-state index in [2.05, 4.69) is 0 Å². The zero-order chi connectivity index (χ0) is 7.56. The largest absolute Gasteiger partial charge is 0.204 e. The zero-order valence-electron chi connectivity index (χ0n) is 5.70. The summed E-state index contributed by atoms with van der Waals surface area (Å²) in [6.07, 6.45) is 0. The minimum absolute atomic E-state index is 0.742. The van der Waals surface area contributed by atoms with Crippen molar-refractivity contribution in [1.82, 2.24) is 0 Å². The van der Waals surface area contributed by atoms with Gasteiger partial charge in [-0.05, 0) is 23.7 Å². The molecule has 0 heterocycles. The highest BCUT2D eigenvalue weighted by Crippen LogP contribution is 2.07. The van der Waals surface area contributed by atoms with Crippen molar-refractivity contribution < 1.29 is 8.78 Å². The molecular weight excluding hydrogens is 150 g/mol. The molecule has 3 heteroatoms. The summed E-state index contributed by atoms with van der Waals surface area (Å²) < 4.78 is 24.7. The van der Waals surface area contributed by atoms with Gasteiger partial charge in [-0.3, -0.25) is 0 Å². The molecule has 0 bridgehead atoms. The second-order valence-corrected chi connectivity index (χ2v) is 2.81. The summed E-state index contributed by atoms with van der Waals surface area (Å²) in [6.45, 7) is 0. The Morgan fingerprint density at radius 3 is 2.40 bits per heavy atom. The standard InChI is InChI=1S/C7H8F2Si/c8-6-2-1-5(4-10)3-7(6)9/h1-3H,4H2,10H3. The van der Waals surface area contributed by atoms with Gasteiger partial charge in [0, 0.05) is 10.2 Å². The second-order valence-electron chi connectivity index (χ2n) is 2.10. The van der Waals surface area contributed by atoms with E-state index in [9.17, 15) is 8.78 Å². The molecule has 0 N–H and O–H groups in total. The van der Waals surface area contributed by atoms with Crippen molar-refractivity contribution in [2.24, 2.45) is 0 Å². The lowest BCUT2D eigenvalue weighted by molar-refractivity contribution is 0.507. The molecule has 0 aliphatic rings. The van der Waals surface area contributed by atoms with Crippen molar-refractivity contribution in [2.75, 3.05) is 0 Å². The number of hydrogen-bond acceptors (Lipinski definition) is 0. The molecule has 54 valence electrons. The molecule has 0 fully saturated rings. The molecule has 0 atom stereocenters. The van der Waals surface area contributed by atoms with Crippen molar-refractivity contribution in [3.05, 3.63) is 35.4 Å². The van der Waals surface area contributed by atoms with Gasteiger partial charge in [0.1, 0.15) is 0 Å². The van der Waals surface area contributed by atoms with Crippen LogP contribution >= 0.6 is 0 Å². The number of hydrogen-bond donors (Lipinski definition) is 0. The maximum atomic E-state index is 12.4. The van der Waals surface area contributed by atoms with Crippen LogP contribution in [0.25, 0.3) is 0 Å². The van der Waals surface area contributed by atoms with E-state index in [0.29, 0.717) is 0 Å². The van der Waals surface area contributed by atoms with Gasteiger partial charge in [-0.2, -0.15) is 0 Å². The molecule has 0 saturated carbocycles. The Bertz CT molecular complexity index is 235. The number of rotatable bonds is 1. The van der Waals surface area contributed by atoms with Gasteiger partial charge in [-0.1, -0.05) is 6.07 Å². The van der Waals surface area contributed by atoms with Crippen molar-refractivity contribution >= 4 is 10.2 Å². The summed E-state index contributed by atoms with van der Waals surface area (Å²) in [6, 6.07) is 4.91. The molecule has 1 aromatic rings. The summed E-state index contributed by atoms with van der Waals surface area (Å²) in [4.78, 5) is 0.